The molecular weight excluding hydrogens is 384 g/mol. The van der Waals surface area contributed by atoms with Gasteiger partial charge in [-0.2, -0.15) is 0 Å². The van der Waals surface area contributed by atoms with Crippen LogP contribution in [0.3, 0.4) is 0 Å². The van der Waals surface area contributed by atoms with Crippen LogP contribution in [0.4, 0.5) is 0 Å². The van der Waals surface area contributed by atoms with Gasteiger partial charge in [0.25, 0.3) is 0 Å². The van der Waals surface area contributed by atoms with E-state index in [1.807, 2.05) is 26.0 Å². The standard InChI is InChI=1S/C24H38O6/c1-24(2,23(27)29-4)16-10-18-30-21-13-9-12-19(11-7-5-6-8-17-25)20(21)14-15-22(26)28-3/h9,12-13,25H,5-8,10-11,14-18H2,1-4H3. The Bertz CT molecular complexity index is 653. The van der Waals surface area contributed by atoms with Crippen LogP contribution in [0.5, 0.6) is 5.75 Å². The van der Waals surface area contributed by atoms with Crippen LogP contribution in [-0.4, -0.2) is 44.5 Å². The number of carbonyl (C=O) groups is 2. The molecule has 0 bridgehead atoms. The van der Waals surface area contributed by atoms with Crippen molar-refractivity contribution < 1.29 is 28.9 Å². The molecule has 0 aliphatic rings. The molecule has 0 aliphatic heterocycles. The second-order valence-corrected chi connectivity index (χ2v) is 8.19. The molecule has 1 aromatic rings. The number of methoxy groups -OCH3 is 2. The van der Waals surface area contributed by atoms with Crippen molar-refractivity contribution in [2.75, 3.05) is 27.4 Å². The first-order valence-corrected chi connectivity index (χ1v) is 10.9. The second kappa shape index (κ2) is 14.0. The van der Waals surface area contributed by atoms with Crippen molar-refractivity contribution in [3.8, 4) is 5.75 Å². The monoisotopic (exact) mass is 422 g/mol. The van der Waals surface area contributed by atoms with Gasteiger partial charge in [-0.3, -0.25) is 9.59 Å². The lowest BCUT2D eigenvalue weighted by molar-refractivity contribution is -0.151. The van der Waals surface area contributed by atoms with Crippen LogP contribution in [-0.2, 0) is 31.9 Å². The normalized spacial score (nSPS) is 11.2. The average Bonchev–Trinajstić information content (AvgIpc) is 2.74. The Hall–Kier alpha value is -2.08. The van der Waals surface area contributed by atoms with Crippen LogP contribution in [0.2, 0.25) is 0 Å². The quantitative estimate of drug-likeness (QED) is 0.336. The van der Waals surface area contributed by atoms with E-state index in [1.54, 1.807) is 0 Å². The summed E-state index contributed by atoms with van der Waals surface area (Å²) in [4.78, 5) is 23.5. The highest BCUT2D eigenvalue weighted by Gasteiger charge is 2.28. The fraction of sp³-hybridized carbons (Fsp3) is 0.667. The van der Waals surface area contributed by atoms with Crippen LogP contribution < -0.4 is 4.74 Å². The number of aliphatic hydroxyl groups is 1. The number of aryl methyl sites for hydroxylation is 1. The molecule has 1 rings (SSSR count). The molecule has 0 amide bonds. The Balaban J connectivity index is 2.75. The van der Waals surface area contributed by atoms with Crippen LogP contribution in [0.15, 0.2) is 18.2 Å². The van der Waals surface area contributed by atoms with Crippen molar-refractivity contribution in [2.45, 2.75) is 71.6 Å². The summed E-state index contributed by atoms with van der Waals surface area (Å²) in [5.74, 6) is 0.339. The molecule has 30 heavy (non-hydrogen) atoms. The predicted octanol–water partition coefficient (Wildman–Crippen LogP) is 4.25. The highest BCUT2D eigenvalue weighted by molar-refractivity contribution is 5.75. The van der Waals surface area contributed by atoms with Gasteiger partial charge in [-0.1, -0.05) is 25.0 Å². The molecule has 0 saturated carbocycles. The van der Waals surface area contributed by atoms with E-state index < -0.39 is 5.41 Å². The average molecular weight is 423 g/mol. The molecule has 0 aromatic heterocycles. The summed E-state index contributed by atoms with van der Waals surface area (Å²) in [7, 11) is 2.80. The number of aliphatic hydroxyl groups excluding tert-OH is 1. The van der Waals surface area contributed by atoms with Crippen LogP contribution in [0, 0.1) is 5.41 Å². The Morgan fingerprint density at radius 1 is 0.967 bits per heavy atom. The van der Waals surface area contributed by atoms with Gasteiger partial charge in [0, 0.05) is 13.0 Å². The lowest BCUT2D eigenvalue weighted by Gasteiger charge is -2.21. The zero-order valence-electron chi connectivity index (χ0n) is 19.0. The Kier molecular flexibility index (Phi) is 12.1. The third kappa shape index (κ3) is 9.16. The molecule has 1 aromatic carbocycles. The van der Waals surface area contributed by atoms with E-state index in [9.17, 15) is 9.59 Å². The van der Waals surface area contributed by atoms with E-state index in [0.717, 1.165) is 49.8 Å². The molecule has 1 N–H and O–H groups in total. The SMILES string of the molecule is COC(=O)CCc1c(CCCCCCO)cccc1OCCCC(C)(C)C(=O)OC. The number of carbonyl (C=O) groups excluding carboxylic acids is 2. The van der Waals surface area contributed by atoms with Gasteiger partial charge in [-0.25, -0.2) is 0 Å². The molecule has 6 nitrogen and oxygen atoms in total. The Morgan fingerprint density at radius 3 is 2.37 bits per heavy atom. The molecular formula is C24H38O6. The molecule has 0 atom stereocenters. The smallest absolute Gasteiger partial charge is 0.311 e. The number of ether oxygens (including phenoxy) is 3. The van der Waals surface area contributed by atoms with Crippen LogP contribution in [0.25, 0.3) is 0 Å². The molecule has 0 saturated heterocycles. The predicted molar refractivity (Wildman–Crippen MR) is 117 cm³/mol. The summed E-state index contributed by atoms with van der Waals surface area (Å²) in [6, 6.07) is 6.01. The number of unbranched alkanes of at least 4 members (excludes halogenated alkanes) is 3. The van der Waals surface area contributed by atoms with E-state index >= 15 is 0 Å². The van der Waals surface area contributed by atoms with Crippen molar-refractivity contribution in [1.29, 1.82) is 0 Å². The molecule has 0 spiro atoms. The summed E-state index contributed by atoms with van der Waals surface area (Å²) in [6.07, 6.45) is 7.12. The highest BCUT2D eigenvalue weighted by Crippen LogP contribution is 2.28. The van der Waals surface area contributed by atoms with Crippen molar-refractivity contribution in [2.24, 2.45) is 5.41 Å². The summed E-state index contributed by atoms with van der Waals surface area (Å²) < 4.78 is 15.7. The van der Waals surface area contributed by atoms with Crippen LogP contribution >= 0.6 is 0 Å². The number of esters is 2. The molecule has 0 radical (unpaired) electrons. The maximum atomic E-state index is 11.8. The number of benzene rings is 1. The van der Waals surface area contributed by atoms with Gasteiger partial charge in [0.05, 0.1) is 26.2 Å². The second-order valence-electron chi connectivity index (χ2n) is 8.19. The van der Waals surface area contributed by atoms with E-state index in [2.05, 4.69) is 6.07 Å². The third-order valence-corrected chi connectivity index (χ3v) is 5.33. The molecule has 0 unspecified atom stereocenters. The largest absolute Gasteiger partial charge is 0.493 e. The van der Waals surface area contributed by atoms with Gasteiger partial charge >= 0.3 is 11.9 Å². The Labute approximate surface area is 180 Å². The van der Waals surface area contributed by atoms with Gasteiger partial charge in [-0.05, 0) is 69.6 Å². The summed E-state index contributed by atoms with van der Waals surface area (Å²) in [5.41, 5.74) is 1.70. The van der Waals surface area contributed by atoms with E-state index in [4.69, 9.17) is 19.3 Å². The van der Waals surface area contributed by atoms with Gasteiger partial charge in [0.1, 0.15) is 5.75 Å². The minimum Gasteiger partial charge on any atom is -0.493 e. The topological polar surface area (TPSA) is 82.1 Å². The summed E-state index contributed by atoms with van der Waals surface area (Å²) in [5, 5.41) is 8.92. The number of hydrogen-bond donors (Lipinski definition) is 1. The first-order valence-electron chi connectivity index (χ1n) is 10.9. The van der Waals surface area contributed by atoms with Crippen molar-refractivity contribution in [1.82, 2.24) is 0 Å². The van der Waals surface area contributed by atoms with Gasteiger partial charge < -0.3 is 19.3 Å². The molecule has 0 aliphatic carbocycles. The van der Waals surface area contributed by atoms with Gasteiger partial charge in [0.15, 0.2) is 0 Å². The van der Waals surface area contributed by atoms with E-state index in [-0.39, 0.29) is 18.5 Å². The minimum absolute atomic E-state index is 0.218. The molecule has 0 fully saturated rings. The summed E-state index contributed by atoms with van der Waals surface area (Å²) >= 11 is 0. The minimum atomic E-state index is -0.539. The molecule has 170 valence electrons. The first-order chi connectivity index (χ1) is 14.4. The first kappa shape index (κ1) is 26.0. The Morgan fingerprint density at radius 2 is 1.70 bits per heavy atom. The number of rotatable bonds is 15. The van der Waals surface area contributed by atoms with E-state index in [1.165, 1.54) is 19.8 Å². The fourth-order valence-electron chi connectivity index (χ4n) is 3.45. The van der Waals surface area contributed by atoms with E-state index in [0.29, 0.717) is 25.9 Å². The van der Waals surface area contributed by atoms with Gasteiger partial charge in [-0.15, -0.1) is 0 Å². The lowest BCUT2D eigenvalue weighted by atomic mass is 9.88. The zero-order valence-corrected chi connectivity index (χ0v) is 19.0. The maximum absolute atomic E-state index is 11.8. The highest BCUT2D eigenvalue weighted by atomic mass is 16.5. The molecule has 6 heteroatoms. The van der Waals surface area contributed by atoms with Crippen LogP contribution in [0.1, 0.15) is 69.9 Å². The number of hydrogen-bond acceptors (Lipinski definition) is 6. The lowest BCUT2D eigenvalue weighted by Crippen LogP contribution is -2.26. The maximum Gasteiger partial charge on any atom is 0.311 e. The van der Waals surface area contributed by atoms with Crippen molar-refractivity contribution in [3.63, 3.8) is 0 Å². The summed E-state index contributed by atoms with van der Waals surface area (Å²) in [6.45, 7) is 4.47. The molecule has 0 heterocycles. The van der Waals surface area contributed by atoms with Crippen molar-refractivity contribution in [3.05, 3.63) is 29.3 Å². The van der Waals surface area contributed by atoms with Gasteiger partial charge in [0.2, 0.25) is 0 Å². The zero-order chi connectivity index (χ0) is 22.4. The fourth-order valence-corrected chi connectivity index (χ4v) is 3.45. The van der Waals surface area contributed by atoms with Crippen molar-refractivity contribution >= 4 is 11.9 Å². The third-order valence-electron chi connectivity index (χ3n) is 5.33.